The second kappa shape index (κ2) is 10.6. The summed E-state index contributed by atoms with van der Waals surface area (Å²) >= 11 is 0. The molecule has 0 aromatic heterocycles. The number of hydrogen-bond acceptors (Lipinski definition) is 3. The highest BCUT2D eigenvalue weighted by Gasteiger charge is 2.35. The minimum atomic E-state index is -0.374. The van der Waals surface area contributed by atoms with E-state index in [0.717, 1.165) is 26.0 Å². The van der Waals surface area contributed by atoms with Crippen LogP contribution >= 0.6 is 0 Å². The van der Waals surface area contributed by atoms with E-state index < -0.39 is 0 Å². The highest BCUT2D eigenvalue weighted by Crippen LogP contribution is 2.33. The Morgan fingerprint density at radius 2 is 1.97 bits per heavy atom. The van der Waals surface area contributed by atoms with Gasteiger partial charge in [-0.2, -0.15) is 0 Å². The van der Waals surface area contributed by atoms with Gasteiger partial charge in [-0.3, -0.25) is 9.79 Å². The van der Waals surface area contributed by atoms with Gasteiger partial charge in [-0.15, -0.1) is 0 Å². The van der Waals surface area contributed by atoms with Crippen molar-refractivity contribution in [1.29, 1.82) is 0 Å². The monoisotopic (exact) mass is 406 g/mol. The Kier molecular flexibility index (Phi) is 8.44. The van der Waals surface area contributed by atoms with Crippen molar-refractivity contribution in [3.05, 3.63) is 35.1 Å². The molecule has 0 bridgehead atoms. The first-order chi connectivity index (χ1) is 13.7. The van der Waals surface area contributed by atoms with E-state index in [1.807, 2.05) is 0 Å². The lowest BCUT2D eigenvalue weighted by atomic mass is 9.78. The van der Waals surface area contributed by atoms with Crippen LogP contribution in [0.2, 0.25) is 0 Å². The lowest BCUT2D eigenvalue weighted by Gasteiger charge is -2.40. The minimum absolute atomic E-state index is 0.101. The smallest absolute Gasteiger partial charge is 0.251 e. The number of aryl methyl sites for hydroxylation is 1. The third-order valence-electron chi connectivity index (χ3n) is 5.19. The Hall–Kier alpha value is -2.15. The zero-order valence-electron chi connectivity index (χ0n) is 18.3. The molecular weight excluding hydrogens is 371 g/mol. The largest absolute Gasteiger partial charge is 0.377 e. The standard InChI is InChI=1S/C22H35FN4O2/c1-15-8-9-16(13-18(15)23)20(28)25-10-11-26-21(24-5)27-14-17-7-6-12-29-19(17)22(2,3)4/h8-9,13,17,19H,6-7,10-12,14H2,1-5H3,(H,25,28)(H2,24,26,27). The zero-order chi connectivity index (χ0) is 21.4. The predicted octanol–water partition coefficient (Wildman–Crippen LogP) is 2.87. The third-order valence-corrected chi connectivity index (χ3v) is 5.19. The van der Waals surface area contributed by atoms with Crippen LogP contribution in [-0.2, 0) is 4.74 Å². The van der Waals surface area contributed by atoms with Crippen molar-refractivity contribution in [3.63, 3.8) is 0 Å². The summed E-state index contributed by atoms with van der Waals surface area (Å²) in [6.07, 6.45) is 2.43. The number of nitrogens with one attached hydrogen (secondary N) is 3. The second-order valence-corrected chi connectivity index (χ2v) is 8.66. The Balaban J connectivity index is 1.74. The first-order valence-electron chi connectivity index (χ1n) is 10.3. The van der Waals surface area contributed by atoms with Crippen molar-refractivity contribution in [2.45, 2.75) is 46.6 Å². The van der Waals surface area contributed by atoms with Crippen molar-refractivity contribution in [2.75, 3.05) is 33.3 Å². The summed E-state index contributed by atoms with van der Waals surface area (Å²) in [5, 5.41) is 9.36. The first-order valence-corrected chi connectivity index (χ1v) is 10.3. The fourth-order valence-corrected chi connectivity index (χ4v) is 3.65. The topological polar surface area (TPSA) is 74.8 Å². The minimum Gasteiger partial charge on any atom is -0.377 e. The van der Waals surface area contributed by atoms with Crippen LogP contribution in [0.4, 0.5) is 4.39 Å². The number of carbonyl (C=O) groups is 1. The van der Waals surface area contributed by atoms with Gasteiger partial charge in [0.25, 0.3) is 5.91 Å². The molecule has 1 amide bonds. The summed E-state index contributed by atoms with van der Waals surface area (Å²) in [6.45, 7) is 10.9. The molecule has 7 heteroatoms. The van der Waals surface area contributed by atoms with E-state index in [0.29, 0.717) is 36.1 Å². The molecule has 1 aromatic carbocycles. The number of hydrogen-bond donors (Lipinski definition) is 3. The Morgan fingerprint density at radius 1 is 1.24 bits per heavy atom. The van der Waals surface area contributed by atoms with Crippen molar-refractivity contribution in [1.82, 2.24) is 16.0 Å². The Bertz CT molecular complexity index is 715. The zero-order valence-corrected chi connectivity index (χ0v) is 18.3. The Morgan fingerprint density at radius 3 is 2.62 bits per heavy atom. The average Bonchev–Trinajstić information content (AvgIpc) is 2.68. The molecule has 0 spiro atoms. The van der Waals surface area contributed by atoms with Gasteiger partial charge >= 0.3 is 0 Å². The average molecular weight is 407 g/mol. The molecule has 2 atom stereocenters. The molecule has 1 saturated heterocycles. The van der Waals surface area contributed by atoms with E-state index in [4.69, 9.17) is 4.74 Å². The summed E-state index contributed by atoms with van der Waals surface area (Å²) in [5.41, 5.74) is 0.944. The molecular formula is C22H35FN4O2. The summed E-state index contributed by atoms with van der Waals surface area (Å²) in [7, 11) is 1.72. The number of guanidine groups is 1. The summed E-state index contributed by atoms with van der Waals surface area (Å²) in [6, 6.07) is 4.49. The lowest BCUT2D eigenvalue weighted by molar-refractivity contribution is -0.0835. The maximum Gasteiger partial charge on any atom is 0.251 e. The van der Waals surface area contributed by atoms with E-state index in [1.54, 1.807) is 26.1 Å². The molecule has 1 aliphatic rings. The number of ether oxygens (including phenoxy) is 1. The van der Waals surface area contributed by atoms with Crippen molar-refractivity contribution >= 4 is 11.9 Å². The van der Waals surface area contributed by atoms with Gasteiger partial charge in [-0.25, -0.2) is 4.39 Å². The number of aliphatic imine (C=N–C) groups is 1. The molecule has 1 aliphatic heterocycles. The van der Waals surface area contributed by atoms with Gasteiger partial charge in [0.15, 0.2) is 5.96 Å². The van der Waals surface area contributed by atoms with Gasteiger partial charge in [0.2, 0.25) is 0 Å². The van der Waals surface area contributed by atoms with Gasteiger partial charge < -0.3 is 20.7 Å². The molecule has 3 N–H and O–H groups in total. The number of benzene rings is 1. The molecule has 2 rings (SSSR count). The van der Waals surface area contributed by atoms with Crippen LogP contribution in [0.3, 0.4) is 0 Å². The van der Waals surface area contributed by atoms with Gasteiger partial charge in [0.1, 0.15) is 5.82 Å². The van der Waals surface area contributed by atoms with Crippen LogP contribution in [0.5, 0.6) is 0 Å². The van der Waals surface area contributed by atoms with Crippen LogP contribution in [0.15, 0.2) is 23.2 Å². The fourth-order valence-electron chi connectivity index (χ4n) is 3.65. The fraction of sp³-hybridized carbons (Fsp3) is 0.636. The molecule has 29 heavy (non-hydrogen) atoms. The predicted molar refractivity (Wildman–Crippen MR) is 115 cm³/mol. The van der Waals surface area contributed by atoms with E-state index in [9.17, 15) is 9.18 Å². The molecule has 1 heterocycles. The first kappa shape index (κ1) is 23.1. The third kappa shape index (κ3) is 6.99. The van der Waals surface area contributed by atoms with E-state index in [-0.39, 0.29) is 23.2 Å². The SMILES string of the molecule is CN=C(NCCNC(=O)c1ccc(C)c(F)c1)NCC1CCCOC1C(C)(C)C. The molecule has 0 saturated carbocycles. The molecule has 162 valence electrons. The van der Waals surface area contributed by atoms with Gasteiger partial charge in [0.05, 0.1) is 6.10 Å². The van der Waals surface area contributed by atoms with Crippen molar-refractivity contribution in [3.8, 4) is 0 Å². The van der Waals surface area contributed by atoms with Gasteiger partial charge in [0, 0.05) is 44.8 Å². The highest BCUT2D eigenvalue weighted by molar-refractivity contribution is 5.94. The number of nitrogens with zero attached hydrogens (tertiary/aromatic N) is 1. The van der Waals surface area contributed by atoms with Crippen LogP contribution in [0, 0.1) is 24.1 Å². The van der Waals surface area contributed by atoms with Gasteiger partial charge in [-0.05, 0) is 42.9 Å². The summed E-state index contributed by atoms with van der Waals surface area (Å²) in [4.78, 5) is 16.4. The molecule has 6 nitrogen and oxygen atoms in total. The van der Waals surface area contributed by atoms with Crippen LogP contribution < -0.4 is 16.0 Å². The Labute approximate surface area is 173 Å². The molecule has 2 unspecified atom stereocenters. The van der Waals surface area contributed by atoms with E-state index in [2.05, 4.69) is 41.7 Å². The molecule has 0 radical (unpaired) electrons. The van der Waals surface area contributed by atoms with Crippen molar-refractivity contribution in [2.24, 2.45) is 16.3 Å². The number of carbonyl (C=O) groups excluding carboxylic acids is 1. The normalized spacial score (nSPS) is 20.3. The quantitative estimate of drug-likeness (QED) is 0.386. The van der Waals surface area contributed by atoms with Crippen LogP contribution in [0.25, 0.3) is 0 Å². The molecule has 1 aromatic rings. The second-order valence-electron chi connectivity index (χ2n) is 8.66. The van der Waals surface area contributed by atoms with Gasteiger partial charge in [-0.1, -0.05) is 26.8 Å². The number of amides is 1. The van der Waals surface area contributed by atoms with Crippen molar-refractivity contribution < 1.29 is 13.9 Å². The van der Waals surface area contributed by atoms with E-state index >= 15 is 0 Å². The molecule has 0 aliphatic carbocycles. The lowest BCUT2D eigenvalue weighted by Crippen LogP contribution is -2.48. The molecule has 1 fully saturated rings. The van der Waals surface area contributed by atoms with E-state index in [1.165, 1.54) is 6.07 Å². The highest BCUT2D eigenvalue weighted by atomic mass is 19.1. The number of halogens is 1. The van der Waals surface area contributed by atoms with Crippen LogP contribution in [0.1, 0.15) is 49.5 Å². The summed E-state index contributed by atoms with van der Waals surface area (Å²) in [5.74, 6) is 0.457. The maximum absolute atomic E-state index is 13.6. The maximum atomic E-state index is 13.6. The number of rotatable bonds is 6. The summed E-state index contributed by atoms with van der Waals surface area (Å²) < 4.78 is 19.6. The van der Waals surface area contributed by atoms with Crippen LogP contribution in [-0.4, -0.2) is 51.3 Å².